The Morgan fingerprint density at radius 3 is 2.58 bits per heavy atom. The van der Waals surface area contributed by atoms with E-state index in [4.69, 9.17) is 4.74 Å². The second-order valence-electron chi connectivity index (χ2n) is 7.88. The summed E-state index contributed by atoms with van der Waals surface area (Å²) in [5.74, 6) is 0.424. The van der Waals surface area contributed by atoms with E-state index in [1.807, 2.05) is 12.1 Å². The molecule has 0 bridgehead atoms. The zero-order valence-electron chi connectivity index (χ0n) is 16.0. The zero-order valence-corrected chi connectivity index (χ0v) is 16.0. The predicted octanol–water partition coefficient (Wildman–Crippen LogP) is 4.05. The Labute approximate surface area is 156 Å². The number of benzene rings is 2. The number of hydrogen-bond acceptors (Lipinski definition) is 1. The Hall–Kier alpha value is -1.71. The van der Waals surface area contributed by atoms with Crippen molar-refractivity contribution in [2.24, 2.45) is 5.92 Å². The zero-order chi connectivity index (χ0) is 18.4. The van der Waals surface area contributed by atoms with Gasteiger partial charge in [0.05, 0.1) is 12.6 Å². The first-order chi connectivity index (χ1) is 12.6. The molecule has 0 radical (unpaired) electrons. The fourth-order valence-electron chi connectivity index (χ4n) is 4.11. The summed E-state index contributed by atoms with van der Waals surface area (Å²) in [4.78, 5) is 0. The van der Waals surface area contributed by atoms with Crippen LogP contribution in [0.25, 0.3) is 0 Å². The van der Waals surface area contributed by atoms with Crippen LogP contribution in [-0.4, -0.2) is 19.3 Å². The molecule has 0 saturated carbocycles. The molecule has 2 N–H and O–H groups in total. The molecule has 1 heterocycles. The quantitative estimate of drug-likeness (QED) is 0.744. The summed E-state index contributed by atoms with van der Waals surface area (Å²) in [6.07, 6.45) is 3.55. The van der Waals surface area contributed by atoms with Crippen molar-refractivity contribution in [3.05, 3.63) is 71.5 Å². The minimum absolute atomic E-state index is 0.104. The molecule has 1 aliphatic rings. The lowest BCUT2D eigenvalue weighted by Gasteiger charge is -2.42. The van der Waals surface area contributed by atoms with Gasteiger partial charge in [0.2, 0.25) is 0 Å². The summed E-state index contributed by atoms with van der Waals surface area (Å²) in [6.45, 7) is 7.01. The highest BCUT2D eigenvalue weighted by Gasteiger charge is 2.39. The molecule has 1 saturated heterocycles. The van der Waals surface area contributed by atoms with Crippen molar-refractivity contribution in [3.8, 4) is 0 Å². The van der Waals surface area contributed by atoms with E-state index in [1.54, 1.807) is 12.1 Å². The van der Waals surface area contributed by atoms with Crippen LogP contribution in [0.3, 0.4) is 0 Å². The lowest BCUT2D eigenvalue weighted by molar-refractivity contribution is -0.672. The Morgan fingerprint density at radius 2 is 1.85 bits per heavy atom. The molecule has 140 valence electrons. The largest absolute Gasteiger partial charge is 0.378 e. The van der Waals surface area contributed by atoms with Crippen molar-refractivity contribution < 1.29 is 14.4 Å². The molecule has 0 aromatic heterocycles. The van der Waals surface area contributed by atoms with Gasteiger partial charge in [0.15, 0.2) is 0 Å². The molecule has 26 heavy (non-hydrogen) atoms. The summed E-state index contributed by atoms with van der Waals surface area (Å²) in [5.41, 5.74) is 2.38. The van der Waals surface area contributed by atoms with Gasteiger partial charge >= 0.3 is 0 Å². The van der Waals surface area contributed by atoms with Gasteiger partial charge in [0.25, 0.3) is 0 Å². The highest BCUT2D eigenvalue weighted by atomic mass is 19.1. The van der Waals surface area contributed by atoms with Crippen LogP contribution < -0.4 is 5.32 Å². The van der Waals surface area contributed by atoms with Crippen LogP contribution in [0.15, 0.2) is 54.6 Å². The number of rotatable bonds is 7. The predicted molar refractivity (Wildman–Crippen MR) is 103 cm³/mol. The molecule has 1 fully saturated rings. The first-order valence-corrected chi connectivity index (χ1v) is 9.83. The summed E-state index contributed by atoms with van der Waals surface area (Å²) in [6, 6.07) is 18.0. The third kappa shape index (κ3) is 4.52. The summed E-state index contributed by atoms with van der Waals surface area (Å²) in [5, 5.41) is 2.24. The van der Waals surface area contributed by atoms with Crippen LogP contribution in [0.2, 0.25) is 0 Å². The fraction of sp³-hybridized carbons (Fsp3) is 0.478. The van der Waals surface area contributed by atoms with Gasteiger partial charge in [-0.3, -0.25) is 0 Å². The van der Waals surface area contributed by atoms with E-state index < -0.39 is 0 Å². The fourth-order valence-corrected chi connectivity index (χ4v) is 4.11. The Kier molecular flexibility index (Phi) is 6.44. The van der Waals surface area contributed by atoms with Gasteiger partial charge in [-0.1, -0.05) is 62.4 Å². The van der Waals surface area contributed by atoms with Gasteiger partial charge < -0.3 is 10.1 Å². The van der Waals surface area contributed by atoms with Gasteiger partial charge in [-0.05, 0) is 30.4 Å². The lowest BCUT2D eigenvalue weighted by Crippen LogP contribution is -2.83. The van der Waals surface area contributed by atoms with E-state index in [0.29, 0.717) is 18.6 Å². The van der Waals surface area contributed by atoms with Gasteiger partial charge in [0, 0.05) is 24.0 Å². The minimum Gasteiger partial charge on any atom is -0.378 e. The first kappa shape index (κ1) is 19.1. The molecule has 0 aliphatic carbocycles. The summed E-state index contributed by atoms with van der Waals surface area (Å²) < 4.78 is 19.9. The first-order valence-electron chi connectivity index (χ1n) is 9.83. The molecule has 3 heteroatoms. The molecule has 2 nitrogen and oxygen atoms in total. The van der Waals surface area contributed by atoms with E-state index in [2.05, 4.69) is 49.5 Å². The average molecular weight is 357 g/mol. The molecule has 2 aromatic carbocycles. The Bertz CT molecular complexity index is 688. The van der Waals surface area contributed by atoms with Gasteiger partial charge in [-0.25, -0.2) is 4.39 Å². The molecule has 3 rings (SSSR count). The van der Waals surface area contributed by atoms with Crippen LogP contribution in [-0.2, 0) is 16.7 Å². The van der Waals surface area contributed by atoms with E-state index in [1.165, 1.54) is 5.56 Å². The standard InChI is InChI=1S/C23H30FNO/c1-18(2)22-16-23(13-15-26-22,20-9-4-3-5-10-20)12-14-25-17-19-8-6-7-11-21(19)24/h3-11,18,22,25H,12-17H2,1-2H3/p+1/t22-,23-/m1/s1. The maximum absolute atomic E-state index is 13.8. The molecule has 0 unspecified atom stereocenters. The van der Waals surface area contributed by atoms with Gasteiger partial charge in [-0.15, -0.1) is 0 Å². The molecule has 0 amide bonds. The second-order valence-corrected chi connectivity index (χ2v) is 7.88. The van der Waals surface area contributed by atoms with E-state index in [9.17, 15) is 4.39 Å². The number of hydrogen-bond donors (Lipinski definition) is 1. The highest BCUT2D eigenvalue weighted by Crippen LogP contribution is 2.41. The van der Waals surface area contributed by atoms with Crippen LogP contribution in [0.1, 0.15) is 44.2 Å². The number of ether oxygens (including phenoxy) is 1. The van der Waals surface area contributed by atoms with Crippen molar-refractivity contribution in [3.63, 3.8) is 0 Å². The van der Waals surface area contributed by atoms with Crippen LogP contribution >= 0.6 is 0 Å². The highest BCUT2D eigenvalue weighted by molar-refractivity contribution is 5.26. The molecular formula is C23H31FNO+. The summed E-state index contributed by atoms with van der Waals surface area (Å²) >= 11 is 0. The number of quaternary nitrogens is 1. The normalized spacial score (nSPS) is 23.3. The Balaban J connectivity index is 1.67. The molecule has 0 spiro atoms. The number of halogens is 1. The van der Waals surface area contributed by atoms with E-state index >= 15 is 0 Å². The maximum Gasteiger partial charge on any atom is 0.132 e. The smallest absolute Gasteiger partial charge is 0.132 e. The van der Waals surface area contributed by atoms with Crippen molar-refractivity contribution in [2.45, 2.75) is 51.2 Å². The summed E-state index contributed by atoms with van der Waals surface area (Å²) in [7, 11) is 0. The Morgan fingerprint density at radius 1 is 1.12 bits per heavy atom. The van der Waals surface area contributed by atoms with Crippen LogP contribution in [0.5, 0.6) is 0 Å². The van der Waals surface area contributed by atoms with E-state index in [0.717, 1.165) is 38.0 Å². The minimum atomic E-state index is -0.104. The van der Waals surface area contributed by atoms with Gasteiger partial charge in [-0.2, -0.15) is 0 Å². The SMILES string of the molecule is CC(C)[C@H]1C[C@](CC[NH2+]Cc2ccccc2F)(c2ccccc2)CCO1. The van der Waals surface area contributed by atoms with Crippen molar-refractivity contribution in [2.75, 3.05) is 13.2 Å². The topological polar surface area (TPSA) is 25.8 Å². The van der Waals surface area contributed by atoms with Gasteiger partial charge in [0.1, 0.15) is 12.4 Å². The molecule has 1 aliphatic heterocycles. The van der Waals surface area contributed by atoms with Crippen molar-refractivity contribution in [1.29, 1.82) is 0 Å². The molecule has 2 aromatic rings. The average Bonchev–Trinajstić information content (AvgIpc) is 2.67. The lowest BCUT2D eigenvalue weighted by atomic mass is 9.68. The van der Waals surface area contributed by atoms with E-state index in [-0.39, 0.29) is 11.2 Å². The van der Waals surface area contributed by atoms with Crippen molar-refractivity contribution >= 4 is 0 Å². The molecular weight excluding hydrogens is 325 g/mol. The van der Waals surface area contributed by atoms with Crippen molar-refractivity contribution in [1.82, 2.24) is 0 Å². The molecule has 2 atom stereocenters. The van der Waals surface area contributed by atoms with Crippen LogP contribution in [0, 0.1) is 11.7 Å². The monoisotopic (exact) mass is 356 g/mol. The number of nitrogens with two attached hydrogens (primary N) is 1. The van der Waals surface area contributed by atoms with Crippen LogP contribution in [0.4, 0.5) is 4.39 Å². The third-order valence-electron chi connectivity index (χ3n) is 5.78. The second kappa shape index (κ2) is 8.79. The third-order valence-corrected chi connectivity index (χ3v) is 5.78. The maximum atomic E-state index is 13.8.